The van der Waals surface area contributed by atoms with E-state index in [1.54, 1.807) is 0 Å². The van der Waals surface area contributed by atoms with Gasteiger partial charge < -0.3 is 15.0 Å². The zero-order valence-electron chi connectivity index (χ0n) is 16.9. The highest BCUT2D eigenvalue weighted by Crippen LogP contribution is 2.20. The molecule has 2 atom stereocenters. The van der Waals surface area contributed by atoms with Crippen LogP contribution >= 0.6 is 0 Å². The number of aryl methyl sites for hydroxylation is 1. The summed E-state index contributed by atoms with van der Waals surface area (Å²) in [7, 11) is 0. The molecule has 0 aliphatic carbocycles. The van der Waals surface area contributed by atoms with Crippen molar-refractivity contribution in [3.8, 4) is 0 Å². The molecule has 28 heavy (non-hydrogen) atoms. The molecule has 0 radical (unpaired) electrons. The lowest BCUT2D eigenvalue weighted by atomic mass is 9.99. The fourth-order valence-corrected chi connectivity index (χ4v) is 4.60. The van der Waals surface area contributed by atoms with Gasteiger partial charge in [-0.05, 0) is 25.3 Å². The third kappa shape index (κ3) is 5.00. The number of piperidine rings is 1. The molecule has 3 heterocycles. The molecular formula is C22H33N5O. The Morgan fingerprint density at radius 2 is 1.86 bits per heavy atom. The van der Waals surface area contributed by atoms with Crippen molar-refractivity contribution in [2.24, 2.45) is 0 Å². The van der Waals surface area contributed by atoms with Crippen LogP contribution in [0.2, 0.25) is 0 Å². The van der Waals surface area contributed by atoms with E-state index in [0.717, 1.165) is 76.7 Å². The molecule has 2 aliphatic rings. The Morgan fingerprint density at radius 3 is 2.54 bits per heavy atom. The maximum Gasteiger partial charge on any atom is 0.103 e. The summed E-state index contributed by atoms with van der Waals surface area (Å²) in [4.78, 5) is 15.0. The van der Waals surface area contributed by atoms with Crippen LogP contribution < -0.4 is 0 Å². The van der Waals surface area contributed by atoms with Crippen molar-refractivity contribution in [2.75, 3.05) is 45.8 Å². The van der Waals surface area contributed by atoms with Crippen LogP contribution in [0, 0.1) is 6.92 Å². The zero-order chi connectivity index (χ0) is 19.3. The summed E-state index contributed by atoms with van der Waals surface area (Å²) in [5.41, 5.74) is 2.55. The van der Waals surface area contributed by atoms with E-state index in [-0.39, 0.29) is 6.10 Å². The number of aliphatic hydroxyl groups is 1. The Hall–Kier alpha value is -1.73. The largest absolute Gasteiger partial charge is 0.390 e. The zero-order valence-corrected chi connectivity index (χ0v) is 16.9. The topological polar surface area (TPSA) is 58.6 Å². The Labute approximate surface area is 168 Å². The van der Waals surface area contributed by atoms with Crippen LogP contribution in [0.4, 0.5) is 0 Å². The van der Waals surface area contributed by atoms with E-state index < -0.39 is 0 Å². The summed E-state index contributed by atoms with van der Waals surface area (Å²) in [6.45, 7) is 10.1. The Morgan fingerprint density at radius 1 is 1.07 bits per heavy atom. The van der Waals surface area contributed by atoms with Gasteiger partial charge in [0.1, 0.15) is 5.82 Å². The summed E-state index contributed by atoms with van der Waals surface area (Å²) in [5.74, 6) is 0.954. The second-order valence-corrected chi connectivity index (χ2v) is 8.27. The van der Waals surface area contributed by atoms with Crippen LogP contribution in [-0.2, 0) is 13.0 Å². The first-order valence-corrected chi connectivity index (χ1v) is 10.6. The monoisotopic (exact) mass is 383 g/mol. The van der Waals surface area contributed by atoms with E-state index in [1.165, 1.54) is 5.56 Å². The van der Waals surface area contributed by atoms with Crippen molar-refractivity contribution in [3.05, 3.63) is 53.6 Å². The number of nitrogens with zero attached hydrogens (tertiary/aromatic N) is 4. The van der Waals surface area contributed by atoms with Gasteiger partial charge in [0.15, 0.2) is 0 Å². The van der Waals surface area contributed by atoms with E-state index in [1.807, 2.05) is 13.1 Å². The molecule has 2 N–H and O–H groups in total. The molecule has 0 spiro atoms. The summed E-state index contributed by atoms with van der Waals surface area (Å²) < 4.78 is 0. The number of imidazole rings is 1. The minimum absolute atomic E-state index is 0.270. The van der Waals surface area contributed by atoms with Gasteiger partial charge in [0.05, 0.1) is 6.10 Å². The number of aromatic nitrogens is 2. The maximum atomic E-state index is 10.8. The van der Waals surface area contributed by atoms with Crippen molar-refractivity contribution in [1.82, 2.24) is 24.7 Å². The Bertz CT molecular complexity index is 726. The summed E-state index contributed by atoms with van der Waals surface area (Å²) in [6, 6.07) is 11.0. The lowest BCUT2D eigenvalue weighted by Crippen LogP contribution is -2.58. The molecule has 0 bridgehead atoms. The van der Waals surface area contributed by atoms with Gasteiger partial charge in [-0.15, -0.1) is 0 Å². The first-order valence-electron chi connectivity index (χ1n) is 10.6. The number of hydrogen-bond acceptors (Lipinski definition) is 5. The number of β-amino-alcohol motifs (C(OH)–C–C–N with tert-alkyl or cyclic N) is 1. The molecular weight excluding hydrogens is 350 g/mol. The molecule has 0 saturated carbocycles. The molecule has 4 rings (SSSR count). The molecule has 1 aromatic heterocycles. The highest BCUT2D eigenvalue weighted by molar-refractivity contribution is 5.14. The van der Waals surface area contributed by atoms with E-state index >= 15 is 0 Å². The minimum Gasteiger partial charge on any atom is -0.390 e. The maximum absolute atomic E-state index is 10.8. The van der Waals surface area contributed by atoms with Crippen LogP contribution in [0.1, 0.15) is 23.5 Å². The molecule has 6 heteroatoms. The number of benzene rings is 1. The third-order valence-corrected chi connectivity index (χ3v) is 6.22. The first-order chi connectivity index (χ1) is 13.7. The van der Waals surface area contributed by atoms with Crippen molar-refractivity contribution in [3.63, 3.8) is 0 Å². The van der Waals surface area contributed by atoms with E-state index in [0.29, 0.717) is 6.04 Å². The number of H-pyrrole nitrogens is 1. The summed E-state index contributed by atoms with van der Waals surface area (Å²) in [5, 5.41) is 10.8. The molecule has 2 aromatic rings. The molecule has 6 nitrogen and oxygen atoms in total. The van der Waals surface area contributed by atoms with Crippen molar-refractivity contribution < 1.29 is 5.11 Å². The van der Waals surface area contributed by atoms with Crippen LogP contribution in [0.25, 0.3) is 0 Å². The van der Waals surface area contributed by atoms with Gasteiger partial charge in [-0.3, -0.25) is 9.80 Å². The smallest absolute Gasteiger partial charge is 0.103 e. The normalized spacial score (nSPS) is 25.2. The van der Waals surface area contributed by atoms with Crippen LogP contribution in [0.5, 0.6) is 0 Å². The number of hydrogen-bond donors (Lipinski definition) is 2. The van der Waals surface area contributed by atoms with Crippen LogP contribution in [0.3, 0.4) is 0 Å². The van der Waals surface area contributed by atoms with Gasteiger partial charge in [-0.1, -0.05) is 30.3 Å². The molecule has 2 fully saturated rings. The van der Waals surface area contributed by atoms with Gasteiger partial charge in [-0.2, -0.15) is 0 Å². The molecule has 152 valence electrons. The predicted molar refractivity (Wildman–Crippen MR) is 111 cm³/mol. The number of aliphatic hydroxyl groups excluding tert-OH is 1. The first kappa shape index (κ1) is 19.6. The Balaban J connectivity index is 1.20. The second-order valence-electron chi connectivity index (χ2n) is 8.27. The molecule has 2 saturated heterocycles. The van der Waals surface area contributed by atoms with Gasteiger partial charge in [0, 0.05) is 70.3 Å². The number of nitrogens with one attached hydrogen (secondary N) is 1. The highest BCUT2D eigenvalue weighted by atomic mass is 16.3. The average Bonchev–Trinajstić information content (AvgIpc) is 3.12. The van der Waals surface area contributed by atoms with Crippen molar-refractivity contribution in [2.45, 2.75) is 38.5 Å². The molecule has 0 unspecified atom stereocenters. The second kappa shape index (κ2) is 9.18. The van der Waals surface area contributed by atoms with Gasteiger partial charge >= 0.3 is 0 Å². The molecule has 2 aliphatic heterocycles. The lowest BCUT2D eigenvalue weighted by molar-refractivity contribution is -0.0310. The SMILES string of the molecule is Cc1ncc(CN2CC[C@H](N3CCN(CCc4ccccc4)CC3)[C@@H](O)C2)[nH]1. The number of likely N-dealkylation sites (tertiary alicyclic amines) is 1. The number of aromatic amines is 1. The third-order valence-electron chi connectivity index (χ3n) is 6.22. The quantitative estimate of drug-likeness (QED) is 0.792. The highest BCUT2D eigenvalue weighted by Gasteiger charge is 2.33. The molecule has 1 aromatic carbocycles. The lowest BCUT2D eigenvalue weighted by Gasteiger charge is -2.45. The van der Waals surface area contributed by atoms with E-state index in [2.05, 4.69) is 55.0 Å². The number of piperazine rings is 1. The predicted octanol–water partition coefficient (Wildman–Crippen LogP) is 1.51. The van der Waals surface area contributed by atoms with Crippen molar-refractivity contribution in [1.29, 1.82) is 0 Å². The summed E-state index contributed by atoms with van der Waals surface area (Å²) >= 11 is 0. The van der Waals surface area contributed by atoms with Gasteiger partial charge in [0.25, 0.3) is 0 Å². The van der Waals surface area contributed by atoms with Crippen molar-refractivity contribution >= 4 is 0 Å². The van der Waals surface area contributed by atoms with Gasteiger partial charge in [-0.25, -0.2) is 4.98 Å². The average molecular weight is 384 g/mol. The fourth-order valence-electron chi connectivity index (χ4n) is 4.60. The minimum atomic E-state index is -0.270. The summed E-state index contributed by atoms with van der Waals surface area (Å²) in [6.07, 6.45) is 3.80. The molecule has 0 amide bonds. The fraction of sp³-hybridized carbons (Fsp3) is 0.591. The van der Waals surface area contributed by atoms with E-state index in [9.17, 15) is 5.11 Å². The van der Waals surface area contributed by atoms with Gasteiger partial charge in [0.2, 0.25) is 0 Å². The van der Waals surface area contributed by atoms with Crippen LogP contribution in [0.15, 0.2) is 36.5 Å². The van der Waals surface area contributed by atoms with E-state index in [4.69, 9.17) is 0 Å². The van der Waals surface area contributed by atoms with Crippen LogP contribution in [-0.4, -0.2) is 87.7 Å². The standard InChI is InChI=1S/C22H33N5O/c1-18-23-15-20(24-18)16-26-10-8-21(22(28)17-26)27-13-11-25(12-14-27)9-7-19-5-3-2-4-6-19/h2-6,15,21-22,28H,7-14,16-17H2,1H3,(H,23,24)/t21-,22-/m0/s1. The Kier molecular flexibility index (Phi) is 6.42. The number of rotatable bonds is 6.